The monoisotopic (exact) mass is 251 g/mol. The highest BCUT2D eigenvalue weighted by molar-refractivity contribution is 5.45. The van der Waals surface area contributed by atoms with E-state index in [2.05, 4.69) is 32.6 Å². The van der Waals surface area contributed by atoms with Gasteiger partial charge in [-0.15, -0.1) is 0 Å². The zero-order valence-electron chi connectivity index (χ0n) is 11.1. The second kappa shape index (κ2) is 6.51. The normalized spacial score (nSPS) is 16.6. The lowest BCUT2D eigenvalue weighted by molar-refractivity contribution is 0.0494. The summed E-state index contributed by atoms with van der Waals surface area (Å²) in [6.07, 6.45) is 2.90. The maximum Gasteiger partial charge on any atom is 0.224 e. The zero-order valence-corrected chi connectivity index (χ0v) is 11.1. The van der Waals surface area contributed by atoms with Crippen LogP contribution in [0.25, 0.3) is 0 Å². The third kappa shape index (κ3) is 3.54. The third-order valence-corrected chi connectivity index (χ3v) is 2.78. The van der Waals surface area contributed by atoms with Crippen molar-refractivity contribution >= 4 is 11.8 Å². The average Bonchev–Trinajstić information content (AvgIpc) is 2.41. The number of nitrogens with zero attached hydrogens (tertiary/aromatic N) is 3. The summed E-state index contributed by atoms with van der Waals surface area (Å²) < 4.78 is 5.32. The number of anilines is 2. The van der Waals surface area contributed by atoms with Crippen LogP contribution < -0.4 is 10.7 Å². The number of hydrogen-bond donors (Lipinski definition) is 2. The molecule has 1 saturated heterocycles. The minimum absolute atomic E-state index is 0.679. The molecule has 1 aromatic heterocycles. The molecule has 0 aromatic carbocycles. The number of nitrogens with one attached hydrogen (secondary N) is 2. The second-order valence-corrected chi connectivity index (χ2v) is 4.36. The van der Waals surface area contributed by atoms with E-state index in [9.17, 15) is 0 Å². The van der Waals surface area contributed by atoms with Crippen LogP contribution in [-0.2, 0) is 4.74 Å². The van der Waals surface area contributed by atoms with Gasteiger partial charge in [-0.3, -0.25) is 0 Å². The van der Waals surface area contributed by atoms with Crippen LogP contribution in [0, 0.1) is 6.92 Å². The first-order chi connectivity index (χ1) is 8.79. The van der Waals surface area contributed by atoms with Crippen LogP contribution in [0.3, 0.4) is 0 Å². The number of hydrogen-bond acceptors (Lipinski definition) is 6. The Morgan fingerprint density at radius 1 is 1.39 bits per heavy atom. The summed E-state index contributed by atoms with van der Waals surface area (Å²) in [6.45, 7) is 8.29. The summed E-state index contributed by atoms with van der Waals surface area (Å²) in [4.78, 5) is 8.75. The number of ether oxygens (including phenoxy) is 1. The minimum Gasteiger partial charge on any atom is -0.379 e. The van der Waals surface area contributed by atoms with Crippen molar-refractivity contribution < 1.29 is 4.74 Å². The molecule has 0 aliphatic carbocycles. The maximum atomic E-state index is 5.32. The molecule has 0 atom stereocenters. The maximum absolute atomic E-state index is 5.32. The first-order valence-corrected chi connectivity index (χ1v) is 6.46. The Bertz CT molecular complexity index is 379. The Morgan fingerprint density at radius 2 is 2.17 bits per heavy atom. The summed E-state index contributed by atoms with van der Waals surface area (Å²) >= 11 is 0. The Hall–Kier alpha value is -1.40. The van der Waals surface area contributed by atoms with Gasteiger partial charge in [0.1, 0.15) is 5.82 Å². The molecule has 1 aromatic rings. The van der Waals surface area contributed by atoms with Crippen LogP contribution in [0.4, 0.5) is 11.8 Å². The highest BCUT2D eigenvalue weighted by Gasteiger charge is 2.12. The van der Waals surface area contributed by atoms with E-state index in [-0.39, 0.29) is 0 Å². The smallest absolute Gasteiger partial charge is 0.224 e. The molecule has 6 nitrogen and oxygen atoms in total. The number of morpholine rings is 1. The Balaban J connectivity index is 2.00. The molecule has 1 aliphatic rings. The third-order valence-electron chi connectivity index (χ3n) is 2.78. The summed E-state index contributed by atoms with van der Waals surface area (Å²) in [6, 6.07) is 0. The van der Waals surface area contributed by atoms with Crippen LogP contribution in [0.1, 0.15) is 18.9 Å². The highest BCUT2D eigenvalue weighted by Crippen LogP contribution is 2.14. The number of aryl methyl sites for hydroxylation is 1. The molecule has 0 saturated carbocycles. The van der Waals surface area contributed by atoms with Gasteiger partial charge in [0, 0.05) is 31.4 Å². The van der Waals surface area contributed by atoms with Crippen molar-refractivity contribution in [2.75, 3.05) is 43.6 Å². The number of rotatable bonds is 5. The molecule has 0 radical (unpaired) electrons. The Kier molecular flexibility index (Phi) is 4.72. The quantitative estimate of drug-likeness (QED) is 0.821. The van der Waals surface area contributed by atoms with Gasteiger partial charge in [0.05, 0.1) is 13.2 Å². The van der Waals surface area contributed by atoms with Gasteiger partial charge in [-0.25, -0.2) is 9.99 Å². The van der Waals surface area contributed by atoms with Crippen molar-refractivity contribution in [1.82, 2.24) is 15.0 Å². The van der Waals surface area contributed by atoms with Crippen LogP contribution >= 0.6 is 0 Å². The van der Waals surface area contributed by atoms with Gasteiger partial charge in [-0.05, 0) is 13.3 Å². The molecule has 1 aliphatic heterocycles. The fourth-order valence-electron chi connectivity index (χ4n) is 1.70. The van der Waals surface area contributed by atoms with Gasteiger partial charge < -0.3 is 15.5 Å². The summed E-state index contributed by atoms with van der Waals surface area (Å²) in [7, 11) is 0. The van der Waals surface area contributed by atoms with E-state index in [1.165, 1.54) is 0 Å². The molecule has 18 heavy (non-hydrogen) atoms. The second-order valence-electron chi connectivity index (χ2n) is 4.36. The fourth-order valence-corrected chi connectivity index (χ4v) is 1.70. The van der Waals surface area contributed by atoms with E-state index in [1.807, 2.05) is 13.1 Å². The number of hydrazine groups is 1. The van der Waals surface area contributed by atoms with E-state index in [0.717, 1.165) is 50.7 Å². The molecule has 2 N–H and O–H groups in total. The Labute approximate surface area is 108 Å². The van der Waals surface area contributed by atoms with Crippen LogP contribution in [0.2, 0.25) is 0 Å². The standard InChI is InChI=1S/C12H21N5O/c1-3-4-13-12-14-9-10(2)11(15-12)16-17-5-7-18-8-6-17/h9H,3-8H2,1-2H3,(H2,13,14,15,16). The van der Waals surface area contributed by atoms with Crippen LogP contribution in [0.15, 0.2) is 6.20 Å². The van der Waals surface area contributed by atoms with Gasteiger partial charge >= 0.3 is 0 Å². The van der Waals surface area contributed by atoms with Gasteiger partial charge in [-0.1, -0.05) is 6.92 Å². The van der Waals surface area contributed by atoms with Crippen molar-refractivity contribution in [3.05, 3.63) is 11.8 Å². The molecule has 6 heteroatoms. The lowest BCUT2D eigenvalue weighted by atomic mass is 10.3. The topological polar surface area (TPSA) is 62.3 Å². The van der Waals surface area contributed by atoms with Crippen LogP contribution in [-0.4, -0.2) is 47.8 Å². The molecular weight excluding hydrogens is 230 g/mol. The van der Waals surface area contributed by atoms with Crippen molar-refractivity contribution in [2.24, 2.45) is 0 Å². The lowest BCUT2D eigenvalue weighted by Gasteiger charge is -2.28. The summed E-state index contributed by atoms with van der Waals surface area (Å²) in [5.74, 6) is 1.55. The molecule has 2 rings (SSSR count). The molecule has 0 amide bonds. The minimum atomic E-state index is 0.679. The first kappa shape index (κ1) is 13.0. The van der Waals surface area contributed by atoms with Crippen LogP contribution in [0.5, 0.6) is 0 Å². The largest absolute Gasteiger partial charge is 0.379 e. The van der Waals surface area contributed by atoms with E-state index in [4.69, 9.17) is 4.74 Å². The SMILES string of the molecule is CCCNc1ncc(C)c(NN2CCOCC2)n1. The summed E-state index contributed by atoms with van der Waals surface area (Å²) in [5, 5.41) is 5.32. The highest BCUT2D eigenvalue weighted by atomic mass is 16.5. The fraction of sp³-hybridized carbons (Fsp3) is 0.667. The average molecular weight is 251 g/mol. The van der Waals surface area contributed by atoms with Crippen molar-refractivity contribution in [3.8, 4) is 0 Å². The first-order valence-electron chi connectivity index (χ1n) is 6.46. The summed E-state index contributed by atoms with van der Waals surface area (Å²) in [5.41, 5.74) is 4.37. The molecule has 0 bridgehead atoms. The number of aromatic nitrogens is 2. The molecule has 1 fully saturated rings. The Morgan fingerprint density at radius 3 is 2.89 bits per heavy atom. The molecule has 2 heterocycles. The van der Waals surface area contributed by atoms with Crippen molar-refractivity contribution in [1.29, 1.82) is 0 Å². The van der Waals surface area contributed by atoms with Gasteiger partial charge in [0.2, 0.25) is 5.95 Å². The van der Waals surface area contributed by atoms with Gasteiger partial charge in [0.25, 0.3) is 0 Å². The molecule has 100 valence electrons. The van der Waals surface area contributed by atoms with E-state index in [0.29, 0.717) is 5.95 Å². The molecular formula is C12H21N5O. The van der Waals surface area contributed by atoms with Gasteiger partial charge in [0.15, 0.2) is 0 Å². The van der Waals surface area contributed by atoms with E-state index >= 15 is 0 Å². The zero-order chi connectivity index (χ0) is 12.8. The predicted octanol–water partition coefficient (Wildman–Crippen LogP) is 1.27. The molecule has 0 spiro atoms. The lowest BCUT2D eigenvalue weighted by Crippen LogP contribution is -2.40. The van der Waals surface area contributed by atoms with E-state index < -0.39 is 0 Å². The van der Waals surface area contributed by atoms with Crippen molar-refractivity contribution in [2.45, 2.75) is 20.3 Å². The van der Waals surface area contributed by atoms with Gasteiger partial charge in [-0.2, -0.15) is 4.98 Å². The molecule has 0 unspecified atom stereocenters. The predicted molar refractivity (Wildman–Crippen MR) is 71.6 cm³/mol. The van der Waals surface area contributed by atoms with E-state index in [1.54, 1.807) is 0 Å². The van der Waals surface area contributed by atoms with Crippen molar-refractivity contribution in [3.63, 3.8) is 0 Å².